The van der Waals surface area contributed by atoms with E-state index in [1.165, 1.54) is 31.3 Å². The van der Waals surface area contributed by atoms with E-state index in [0.717, 1.165) is 60.9 Å². The lowest BCUT2D eigenvalue weighted by molar-refractivity contribution is 0.670. The molecule has 11 rings (SSSR count). The molecule has 0 saturated carbocycles. The van der Waals surface area contributed by atoms with Crippen LogP contribution in [-0.4, -0.2) is 15.0 Å². The summed E-state index contributed by atoms with van der Waals surface area (Å²) in [6.45, 7) is 0. The second-order valence-corrected chi connectivity index (χ2v) is 15.1. The minimum Gasteiger partial charge on any atom is -0.455 e. The molecule has 5 heteroatoms. The normalized spacial score (nSPS) is 11.6. The lowest BCUT2D eigenvalue weighted by Gasteiger charge is -2.09. The van der Waals surface area contributed by atoms with E-state index in [1.54, 1.807) is 11.3 Å². The fourth-order valence-electron chi connectivity index (χ4n) is 7.71. The minimum atomic E-state index is 0.645. The molecule has 0 N–H and O–H groups in total. The predicted octanol–water partition coefficient (Wildman–Crippen LogP) is 14.1. The predicted molar refractivity (Wildman–Crippen MR) is 233 cm³/mol. The number of thiophene rings is 1. The van der Waals surface area contributed by atoms with Crippen molar-refractivity contribution in [1.29, 1.82) is 0 Å². The van der Waals surface area contributed by atoms with Gasteiger partial charge in [-0.2, -0.15) is 0 Å². The summed E-state index contributed by atoms with van der Waals surface area (Å²) in [7, 11) is 0. The van der Waals surface area contributed by atoms with Crippen molar-refractivity contribution < 1.29 is 4.42 Å². The molecule has 262 valence electrons. The summed E-state index contributed by atoms with van der Waals surface area (Å²) in [6.07, 6.45) is 0. The van der Waals surface area contributed by atoms with Gasteiger partial charge in [-0.3, -0.25) is 0 Å². The van der Waals surface area contributed by atoms with Gasteiger partial charge in [0, 0.05) is 53.2 Å². The maximum absolute atomic E-state index is 6.47. The van der Waals surface area contributed by atoms with Gasteiger partial charge in [-0.25, -0.2) is 15.0 Å². The van der Waals surface area contributed by atoms with Crippen LogP contribution in [0.4, 0.5) is 0 Å². The van der Waals surface area contributed by atoms with Crippen molar-refractivity contribution in [2.75, 3.05) is 0 Å². The molecule has 0 aliphatic rings. The molecule has 8 aromatic carbocycles. The van der Waals surface area contributed by atoms with Crippen molar-refractivity contribution in [2.24, 2.45) is 0 Å². The average molecular weight is 734 g/mol. The van der Waals surface area contributed by atoms with Crippen LogP contribution in [0.3, 0.4) is 0 Å². The first kappa shape index (κ1) is 32.2. The second kappa shape index (κ2) is 13.3. The van der Waals surface area contributed by atoms with Gasteiger partial charge < -0.3 is 4.42 Å². The zero-order chi connectivity index (χ0) is 37.0. The third kappa shape index (κ3) is 5.65. The summed E-state index contributed by atoms with van der Waals surface area (Å²) in [5.74, 6) is 1.94. The van der Waals surface area contributed by atoms with Crippen molar-refractivity contribution in [3.8, 4) is 67.5 Å². The molecule has 0 aliphatic carbocycles. The molecular formula is C51H31N3OS. The van der Waals surface area contributed by atoms with E-state index in [4.69, 9.17) is 19.4 Å². The van der Waals surface area contributed by atoms with Crippen LogP contribution < -0.4 is 0 Å². The standard InChI is InChI=1S/C51H31N3OS/c1-4-12-32(13-5-1)33-20-22-36(23-21-33)50-52-49(35-16-8-3-9-17-35)53-51(54-50)38-24-26-41-43-28-37(25-27-46(43)56-47(41)31-38)39-29-42(34-14-6-2-7-15-34)48-44(30-39)40-18-10-11-19-45(40)55-48/h1-31H. The molecule has 0 radical (unpaired) electrons. The number of benzene rings is 8. The molecule has 0 atom stereocenters. The highest BCUT2D eigenvalue weighted by atomic mass is 32.1. The van der Waals surface area contributed by atoms with Crippen molar-refractivity contribution in [1.82, 2.24) is 15.0 Å². The van der Waals surface area contributed by atoms with Gasteiger partial charge in [0.15, 0.2) is 17.5 Å². The fraction of sp³-hybridized carbons (Fsp3) is 0. The van der Waals surface area contributed by atoms with Crippen LogP contribution in [0.2, 0.25) is 0 Å². The SMILES string of the molecule is c1ccc(-c2ccc(-c3nc(-c4ccccc4)nc(-c4ccc5c(c4)sc4ccc(-c6cc(-c7ccccc7)c7oc8ccccc8c7c6)cc45)n3)cc2)cc1. The number of hydrogen-bond acceptors (Lipinski definition) is 5. The second-order valence-electron chi connectivity index (χ2n) is 14.0. The number of fused-ring (bicyclic) bond motifs is 6. The number of para-hydroxylation sites is 1. The molecular weight excluding hydrogens is 703 g/mol. The van der Waals surface area contributed by atoms with Gasteiger partial charge >= 0.3 is 0 Å². The Balaban J connectivity index is 1.01. The van der Waals surface area contributed by atoms with Crippen molar-refractivity contribution >= 4 is 53.4 Å². The number of nitrogens with zero attached hydrogens (tertiary/aromatic N) is 3. The van der Waals surface area contributed by atoms with Crippen LogP contribution in [0.15, 0.2) is 192 Å². The highest BCUT2D eigenvalue weighted by molar-refractivity contribution is 7.25. The van der Waals surface area contributed by atoms with Crippen LogP contribution in [0, 0.1) is 0 Å². The fourth-order valence-corrected chi connectivity index (χ4v) is 8.84. The average Bonchev–Trinajstić information content (AvgIpc) is 3.84. The monoisotopic (exact) mass is 733 g/mol. The van der Waals surface area contributed by atoms with E-state index in [0.29, 0.717) is 17.5 Å². The Hall–Kier alpha value is -7.21. The summed E-state index contributed by atoms with van der Waals surface area (Å²) in [4.78, 5) is 15.1. The number of rotatable bonds is 6. The summed E-state index contributed by atoms with van der Waals surface area (Å²) < 4.78 is 8.89. The van der Waals surface area contributed by atoms with E-state index in [1.807, 2.05) is 48.5 Å². The molecule has 0 unspecified atom stereocenters. The maximum atomic E-state index is 6.47. The van der Waals surface area contributed by atoms with Gasteiger partial charge in [0.2, 0.25) is 0 Å². The Morgan fingerprint density at radius 2 is 0.857 bits per heavy atom. The zero-order valence-electron chi connectivity index (χ0n) is 30.1. The molecule has 0 spiro atoms. The maximum Gasteiger partial charge on any atom is 0.164 e. The molecule has 0 saturated heterocycles. The van der Waals surface area contributed by atoms with Gasteiger partial charge in [0.05, 0.1) is 0 Å². The van der Waals surface area contributed by atoms with Gasteiger partial charge in [-0.15, -0.1) is 11.3 Å². The molecule has 56 heavy (non-hydrogen) atoms. The van der Waals surface area contributed by atoms with Gasteiger partial charge in [0.1, 0.15) is 11.2 Å². The van der Waals surface area contributed by atoms with Crippen molar-refractivity contribution in [3.05, 3.63) is 188 Å². The Labute approximate surface area is 327 Å². The summed E-state index contributed by atoms with van der Waals surface area (Å²) >= 11 is 1.79. The van der Waals surface area contributed by atoms with Gasteiger partial charge in [-0.1, -0.05) is 152 Å². The Kier molecular flexibility index (Phi) is 7.64. The molecule has 0 aliphatic heterocycles. The van der Waals surface area contributed by atoms with Crippen LogP contribution in [0.5, 0.6) is 0 Å². The van der Waals surface area contributed by atoms with E-state index in [9.17, 15) is 0 Å². The van der Waals surface area contributed by atoms with Crippen LogP contribution in [0.1, 0.15) is 0 Å². The summed E-state index contributed by atoms with van der Waals surface area (Å²) in [5, 5.41) is 4.68. The smallest absolute Gasteiger partial charge is 0.164 e. The highest BCUT2D eigenvalue weighted by Crippen LogP contribution is 2.42. The van der Waals surface area contributed by atoms with Crippen LogP contribution in [0.25, 0.3) is 110 Å². The molecule has 4 nitrogen and oxygen atoms in total. The number of aromatic nitrogens is 3. The van der Waals surface area contributed by atoms with Crippen LogP contribution in [-0.2, 0) is 0 Å². The highest BCUT2D eigenvalue weighted by Gasteiger charge is 2.17. The molecule has 11 aromatic rings. The molecule has 0 amide bonds. The topological polar surface area (TPSA) is 51.8 Å². The molecule has 0 bridgehead atoms. The van der Waals surface area contributed by atoms with Crippen LogP contribution >= 0.6 is 11.3 Å². The lowest BCUT2D eigenvalue weighted by atomic mass is 9.95. The third-order valence-corrected chi connectivity index (χ3v) is 11.7. The Morgan fingerprint density at radius 1 is 0.321 bits per heavy atom. The molecule has 3 aromatic heterocycles. The zero-order valence-corrected chi connectivity index (χ0v) is 30.9. The Bertz CT molecular complexity index is 3230. The van der Waals surface area contributed by atoms with Crippen molar-refractivity contribution in [2.45, 2.75) is 0 Å². The summed E-state index contributed by atoms with van der Waals surface area (Å²) in [5.41, 5.74) is 11.5. The lowest BCUT2D eigenvalue weighted by Crippen LogP contribution is -2.00. The number of hydrogen-bond donors (Lipinski definition) is 0. The van der Waals surface area contributed by atoms with E-state index < -0.39 is 0 Å². The summed E-state index contributed by atoms with van der Waals surface area (Å²) in [6, 6.07) is 65.8. The molecule has 3 heterocycles. The Morgan fingerprint density at radius 3 is 1.59 bits per heavy atom. The first-order chi connectivity index (χ1) is 27.7. The van der Waals surface area contributed by atoms with Gasteiger partial charge in [-0.05, 0) is 64.2 Å². The van der Waals surface area contributed by atoms with Gasteiger partial charge in [0.25, 0.3) is 0 Å². The quantitative estimate of drug-likeness (QED) is 0.171. The third-order valence-electron chi connectivity index (χ3n) is 10.5. The largest absolute Gasteiger partial charge is 0.455 e. The first-order valence-corrected chi connectivity index (χ1v) is 19.5. The van der Waals surface area contributed by atoms with E-state index in [-0.39, 0.29) is 0 Å². The first-order valence-electron chi connectivity index (χ1n) is 18.7. The number of furan rings is 1. The molecule has 0 fully saturated rings. The van der Waals surface area contributed by atoms with E-state index in [2.05, 4.69) is 140 Å². The van der Waals surface area contributed by atoms with E-state index >= 15 is 0 Å². The van der Waals surface area contributed by atoms with Crippen molar-refractivity contribution in [3.63, 3.8) is 0 Å². The minimum absolute atomic E-state index is 0.645.